The number of aliphatic hydroxyl groups is 1. The predicted molar refractivity (Wildman–Crippen MR) is 77.9 cm³/mol. The number of hydrogen-bond acceptors (Lipinski definition) is 6. The molecule has 5 N–H and O–H groups in total. The van der Waals surface area contributed by atoms with Crippen molar-refractivity contribution in [3.63, 3.8) is 0 Å². The lowest BCUT2D eigenvalue weighted by Gasteiger charge is -2.22. The van der Waals surface area contributed by atoms with E-state index in [1.54, 1.807) is 6.07 Å². The molecular weight excluding hydrogens is 242 g/mol. The summed E-state index contributed by atoms with van der Waals surface area (Å²) in [5.41, 5.74) is 2.56. The number of anilines is 2. The highest BCUT2D eigenvalue weighted by molar-refractivity contribution is 5.47. The first kappa shape index (κ1) is 15.7. The zero-order valence-corrected chi connectivity index (χ0v) is 12.1. The van der Waals surface area contributed by atoms with E-state index in [0.29, 0.717) is 18.2 Å². The van der Waals surface area contributed by atoms with Gasteiger partial charge in [-0.3, -0.25) is 0 Å². The maximum Gasteiger partial charge on any atom is 0.145 e. The number of nitrogens with zero attached hydrogens (tertiary/aromatic N) is 2. The molecule has 1 aromatic rings. The van der Waals surface area contributed by atoms with Crippen molar-refractivity contribution in [1.82, 2.24) is 9.97 Å². The minimum Gasteiger partial charge on any atom is -0.396 e. The number of rotatable bonds is 7. The van der Waals surface area contributed by atoms with Gasteiger partial charge in [-0.25, -0.2) is 15.8 Å². The Balaban J connectivity index is 2.95. The Hall–Kier alpha value is -1.40. The van der Waals surface area contributed by atoms with Crippen LogP contribution in [0.4, 0.5) is 11.6 Å². The van der Waals surface area contributed by atoms with Crippen LogP contribution in [0.1, 0.15) is 45.9 Å². The summed E-state index contributed by atoms with van der Waals surface area (Å²) in [5, 5.41) is 12.4. The van der Waals surface area contributed by atoms with Crippen LogP contribution in [0.2, 0.25) is 0 Å². The van der Waals surface area contributed by atoms with E-state index in [-0.39, 0.29) is 18.6 Å². The molecule has 0 aliphatic carbocycles. The van der Waals surface area contributed by atoms with Crippen LogP contribution in [-0.4, -0.2) is 27.7 Å². The van der Waals surface area contributed by atoms with Gasteiger partial charge in [0.25, 0.3) is 0 Å². The van der Waals surface area contributed by atoms with Crippen molar-refractivity contribution < 1.29 is 5.11 Å². The van der Waals surface area contributed by atoms with Gasteiger partial charge in [0.1, 0.15) is 17.5 Å². The Morgan fingerprint density at radius 2 is 1.84 bits per heavy atom. The van der Waals surface area contributed by atoms with Crippen LogP contribution in [0, 0.1) is 5.92 Å². The Morgan fingerprint density at radius 3 is 2.32 bits per heavy atom. The summed E-state index contributed by atoms with van der Waals surface area (Å²) in [6.45, 7) is 8.44. The number of nitrogens with one attached hydrogen (secondary N) is 2. The van der Waals surface area contributed by atoms with Gasteiger partial charge < -0.3 is 15.8 Å². The molecule has 0 aliphatic rings. The van der Waals surface area contributed by atoms with Crippen LogP contribution in [0.25, 0.3) is 0 Å². The first-order valence-corrected chi connectivity index (χ1v) is 6.71. The van der Waals surface area contributed by atoms with Gasteiger partial charge in [-0.05, 0) is 12.3 Å². The highest BCUT2D eigenvalue weighted by Crippen LogP contribution is 2.19. The number of nitrogens with two attached hydrogens (primary N) is 1. The summed E-state index contributed by atoms with van der Waals surface area (Å²) < 4.78 is 0. The van der Waals surface area contributed by atoms with E-state index in [1.807, 2.05) is 13.8 Å². The molecule has 0 spiro atoms. The average molecular weight is 267 g/mol. The molecule has 6 nitrogen and oxygen atoms in total. The van der Waals surface area contributed by atoms with Crippen molar-refractivity contribution in [2.75, 3.05) is 17.3 Å². The lowest BCUT2D eigenvalue weighted by Crippen LogP contribution is -2.27. The monoisotopic (exact) mass is 267 g/mol. The zero-order chi connectivity index (χ0) is 14.4. The molecular formula is C13H25N5O. The number of hydrogen-bond donors (Lipinski definition) is 4. The van der Waals surface area contributed by atoms with Crippen molar-refractivity contribution in [3.8, 4) is 0 Å². The lowest BCUT2D eigenvalue weighted by molar-refractivity contribution is 0.267. The smallest absolute Gasteiger partial charge is 0.145 e. The van der Waals surface area contributed by atoms with Crippen LogP contribution < -0.4 is 16.6 Å². The fourth-order valence-electron chi connectivity index (χ4n) is 1.77. The molecule has 0 radical (unpaired) electrons. The van der Waals surface area contributed by atoms with Gasteiger partial charge in [0, 0.05) is 24.6 Å². The highest BCUT2D eigenvalue weighted by atomic mass is 16.3. The lowest BCUT2D eigenvalue weighted by atomic mass is 10.0. The fraction of sp³-hybridized carbons (Fsp3) is 0.692. The van der Waals surface area contributed by atoms with Gasteiger partial charge in [-0.15, -0.1) is 0 Å². The SMILES string of the molecule is CC(C)c1nc(NN)cc(NC(CCO)C(C)C)n1. The van der Waals surface area contributed by atoms with E-state index < -0.39 is 0 Å². The van der Waals surface area contributed by atoms with Gasteiger partial charge >= 0.3 is 0 Å². The second kappa shape index (κ2) is 7.25. The van der Waals surface area contributed by atoms with E-state index in [2.05, 4.69) is 34.6 Å². The summed E-state index contributed by atoms with van der Waals surface area (Å²) >= 11 is 0. The van der Waals surface area contributed by atoms with Crippen LogP contribution >= 0.6 is 0 Å². The Morgan fingerprint density at radius 1 is 1.21 bits per heavy atom. The summed E-state index contributed by atoms with van der Waals surface area (Å²) in [7, 11) is 0. The first-order valence-electron chi connectivity index (χ1n) is 6.71. The van der Waals surface area contributed by atoms with Gasteiger partial charge in [0.15, 0.2) is 0 Å². The third kappa shape index (κ3) is 4.65. The normalized spacial score (nSPS) is 12.8. The Kier molecular flexibility index (Phi) is 5.98. The highest BCUT2D eigenvalue weighted by Gasteiger charge is 2.15. The maximum atomic E-state index is 9.10. The maximum absolute atomic E-state index is 9.10. The summed E-state index contributed by atoms with van der Waals surface area (Å²) in [4.78, 5) is 8.80. The molecule has 0 saturated carbocycles. The van der Waals surface area contributed by atoms with Crippen LogP contribution in [0.15, 0.2) is 6.07 Å². The molecule has 1 heterocycles. The number of aliphatic hydroxyl groups excluding tert-OH is 1. The number of nitrogen functional groups attached to an aromatic ring is 1. The van der Waals surface area contributed by atoms with E-state index in [4.69, 9.17) is 10.9 Å². The van der Waals surface area contributed by atoms with E-state index in [0.717, 1.165) is 11.6 Å². The van der Waals surface area contributed by atoms with Gasteiger partial charge in [-0.2, -0.15) is 0 Å². The number of hydrazine groups is 1. The molecule has 0 fully saturated rings. The molecule has 1 rings (SSSR count). The molecule has 0 aliphatic heterocycles. The van der Waals surface area contributed by atoms with Crippen LogP contribution in [0.5, 0.6) is 0 Å². The first-order chi connectivity index (χ1) is 8.97. The molecule has 6 heteroatoms. The molecule has 0 aromatic carbocycles. The van der Waals surface area contributed by atoms with Crippen molar-refractivity contribution in [1.29, 1.82) is 0 Å². The van der Waals surface area contributed by atoms with Crippen molar-refractivity contribution in [2.45, 2.75) is 46.1 Å². The minimum absolute atomic E-state index is 0.153. The largest absolute Gasteiger partial charge is 0.396 e. The van der Waals surface area contributed by atoms with Crippen molar-refractivity contribution in [2.24, 2.45) is 11.8 Å². The van der Waals surface area contributed by atoms with Gasteiger partial charge in [-0.1, -0.05) is 27.7 Å². The molecule has 108 valence electrons. The third-order valence-corrected chi connectivity index (χ3v) is 2.99. The molecule has 1 unspecified atom stereocenters. The predicted octanol–water partition coefficient (Wildman–Crippen LogP) is 1.70. The van der Waals surface area contributed by atoms with E-state index in [1.165, 1.54) is 0 Å². The summed E-state index contributed by atoms with van der Waals surface area (Å²) in [6, 6.07) is 1.95. The molecule has 0 amide bonds. The molecule has 1 aromatic heterocycles. The zero-order valence-electron chi connectivity index (χ0n) is 12.1. The fourth-order valence-corrected chi connectivity index (χ4v) is 1.77. The quantitative estimate of drug-likeness (QED) is 0.443. The standard InChI is InChI=1S/C13H25N5O/c1-8(2)10(5-6-19)15-11-7-12(18-14)17-13(16-11)9(3)4/h7-10,19H,5-6,14H2,1-4H3,(H2,15,16,17,18). The number of aromatic nitrogens is 2. The van der Waals surface area contributed by atoms with Gasteiger partial charge in [0.05, 0.1) is 0 Å². The Labute approximate surface area is 114 Å². The van der Waals surface area contributed by atoms with E-state index in [9.17, 15) is 0 Å². The van der Waals surface area contributed by atoms with E-state index >= 15 is 0 Å². The van der Waals surface area contributed by atoms with Crippen molar-refractivity contribution >= 4 is 11.6 Å². The van der Waals surface area contributed by atoms with Crippen LogP contribution in [0.3, 0.4) is 0 Å². The Bertz CT molecular complexity index is 395. The van der Waals surface area contributed by atoms with Gasteiger partial charge in [0.2, 0.25) is 0 Å². The molecule has 19 heavy (non-hydrogen) atoms. The molecule has 0 bridgehead atoms. The third-order valence-electron chi connectivity index (χ3n) is 2.99. The average Bonchev–Trinajstić information content (AvgIpc) is 2.37. The summed E-state index contributed by atoms with van der Waals surface area (Å²) in [5.74, 6) is 8.12. The van der Waals surface area contributed by atoms with Crippen molar-refractivity contribution in [3.05, 3.63) is 11.9 Å². The second-order valence-corrected chi connectivity index (χ2v) is 5.30. The van der Waals surface area contributed by atoms with Crippen LogP contribution in [-0.2, 0) is 0 Å². The molecule has 1 atom stereocenters. The molecule has 0 saturated heterocycles. The minimum atomic E-state index is 0.153. The topological polar surface area (TPSA) is 96.1 Å². The second-order valence-electron chi connectivity index (χ2n) is 5.30. The summed E-state index contributed by atoms with van der Waals surface area (Å²) in [6.07, 6.45) is 0.685.